The first-order valence-electron chi connectivity index (χ1n) is 6.68. The van der Waals surface area contributed by atoms with Crippen molar-refractivity contribution in [3.63, 3.8) is 0 Å². The second kappa shape index (κ2) is 6.27. The third kappa shape index (κ3) is 3.40. The van der Waals surface area contributed by atoms with E-state index >= 15 is 0 Å². The average Bonchev–Trinajstić information content (AvgIpc) is 2.79. The summed E-state index contributed by atoms with van der Waals surface area (Å²) in [5, 5.41) is 5.34. The van der Waals surface area contributed by atoms with E-state index < -0.39 is 5.97 Å². The van der Waals surface area contributed by atoms with E-state index in [1.807, 2.05) is 18.2 Å². The number of benzene rings is 1. The van der Waals surface area contributed by atoms with Gasteiger partial charge in [-0.05, 0) is 43.0 Å². The Morgan fingerprint density at radius 2 is 2.25 bits per heavy atom. The van der Waals surface area contributed by atoms with Crippen molar-refractivity contribution in [1.82, 2.24) is 10.6 Å². The van der Waals surface area contributed by atoms with Crippen LogP contribution in [0.5, 0.6) is 0 Å². The van der Waals surface area contributed by atoms with Crippen LogP contribution in [0.1, 0.15) is 30.5 Å². The van der Waals surface area contributed by atoms with Gasteiger partial charge in [0.25, 0.3) is 0 Å². The van der Waals surface area contributed by atoms with Crippen molar-refractivity contribution in [3.05, 3.63) is 29.3 Å². The molecule has 2 amide bonds. The monoisotopic (exact) mass is 277 g/mol. The lowest BCUT2D eigenvalue weighted by Gasteiger charge is -2.14. The molecule has 0 radical (unpaired) electrons. The number of nitrogens with two attached hydrogens (primary N) is 1. The van der Waals surface area contributed by atoms with Gasteiger partial charge in [-0.2, -0.15) is 0 Å². The molecule has 0 fully saturated rings. The van der Waals surface area contributed by atoms with Crippen molar-refractivity contribution in [2.75, 3.05) is 18.9 Å². The van der Waals surface area contributed by atoms with E-state index in [0.29, 0.717) is 6.61 Å². The molecule has 6 heteroatoms. The highest BCUT2D eigenvalue weighted by atomic mass is 16.5. The van der Waals surface area contributed by atoms with Crippen LogP contribution in [0, 0.1) is 0 Å². The lowest BCUT2D eigenvalue weighted by Crippen LogP contribution is -2.40. The minimum absolute atomic E-state index is 0.0344. The van der Waals surface area contributed by atoms with Gasteiger partial charge in [0.05, 0.1) is 12.6 Å². The predicted octanol–water partition coefficient (Wildman–Crippen LogP) is 1.12. The summed E-state index contributed by atoms with van der Waals surface area (Å²) < 4.78 is 4.74. The second-order valence-electron chi connectivity index (χ2n) is 4.68. The molecule has 0 saturated heterocycles. The molecular formula is C14H19N3O3. The van der Waals surface area contributed by atoms with E-state index in [-0.39, 0.29) is 18.6 Å². The molecule has 1 atom stereocenters. The first-order valence-corrected chi connectivity index (χ1v) is 6.68. The number of hydrogen-bond donors (Lipinski definition) is 3. The molecule has 1 aromatic carbocycles. The SMILES string of the molecule is CCOC(=O)CNC(=O)N[C@@H]1CCc2cc(N)ccc21. The molecule has 1 aliphatic carbocycles. The van der Waals surface area contributed by atoms with Crippen molar-refractivity contribution in [2.45, 2.75) is 25.8 Å². The highest BCUT2D eigenvalue weighted by Crippen LogP contribution is 2.32. The third-order valence-electron chi connectivity index (χ3n) is 3.25. The topological polar surface area (TPSA) is 93.4 Å². The average molecular weight is 277 g/mol. The highest BCUT2D eigenvalue weighted by Gasteiger charge is 2.23. The molecule has 0 aromatic heterocycles. The van der Waals surface area contributed by atoms with Gasteiger partial charge in [-0.15, -0.1) is 0 Å². The van der Waals surface area contributed by atoms with Crippen molar-refractivity contribution in [1.29, 1.82) is 0 Å². The normalized spacial score (nSPS) is 16.4. The van der Waals surface area contributed by atoms with Crippen LogP contribution in [0.4, 0.5) is 10.5 Å². The van der Waals surface area contributed by atoms with E-state index in [4.69, 9.17) is 10.5 Å². The van der Waals surface area contributed by atoms with Crippen molar-refractivity contribution in [3.8, 4) is 0 Å². The number of carbonyl (C=O) groups excluding carboxylic acids is 2. The number of urea groups is 1. The zero-order valence-electron chi connectivity index (χ0n) is 11.4. The van der Waals surface area contributed by atoms with Gasteiger partial charge in [0.1, 0.15) is 6.54 Å². The van der Waals surface area contributed by atoms with Crippen LogP contribution in [0.2, 0.25) is 0 Å². The number of esters is 1. The fourth-order valence-corrected chi connectivity index (χ4v) is 2.36. The van der Waals surface area contributed by atoms with Crippen LogP contribution in [0.25, 0.3) is 0 Å². The second-order valence-corrected chi connectivity index (χ2v) is 4.68. The highest BCUT2D eigenvalue weighted by molar-refractivity contribution is 5.81. The fourth-order valence-electron chi connectivity index (χ4n) is 2.36. The molecule has 0 spiro atoms. The largest absolute Gasteiger partial charge is 0.465 e. The Morgan fingerprint density at radius 3 is 3.00 bits per heavy atom. The molecule has 0 unspecified atom stereocenters. The smallest absolute Gasteiger partial charge is 0.325 e. The van der Waals surface area contributed by atoms with Crippen LogP contribution < -0.4 is 16.4 Å². The van der Waals surface area contributed by atoms with E-state index in [1.54, 1.807) is 6.92 Å². The Bertz CT molecular complexity index is 516. The Labute approximate surface area is 117 Å². The van der Waals surface area contributed by atoms with Gasteiger partial charge < -0.3 is 21.1 Å². The van der Waals surface area contributed by atoms with Gasteiger partial charge in [-0.25, -0.2) is 4.79 Å². The van der Waals surface area contributed by atoms with Crippen LogP contribution in [0.3, 0.4) is 0 Å². The number of anilines is 1. The predicted molar refractivity (Wildman–Crippen MR) is 75.1 cm³/mol. The molecule has 2 rings (SSSR count). The summed E-state index contributed by atoms with van der Waals surface area (Å²) in [6.45, 7) is 1.90. The molecular weight excluding hydrogens is 258 g/mol. The van der Waals surface area contributed by atoms with Crippen LogP contribution in [0.15, 0.2) is 18.2 Å². The van der Waals surface area contributed by atoms with E-state index in [2.05, 4.69) is 10.6 Å². The third-order valence-corrected chi connectivity index (χ3v) is 3.25. The maximum absolute atomic E-state index is 11.7. The van der Waals surface area contributed by atoms with Gasteiger partial charge >= 0.3 is 12.0 Å². The molecule has 6 nitrogen and oxygen atoms in total. The standard InChI is InChI=1S/C14H19N3O3/c1-2-20-13(18)8-16-14(19)17-12-6-3-9-7-10(15)4-5-11(9)12/h4-5,7,12H,2-3,6,8,15H2,1H3,(H2,16,17,19)/t12-/m1/s1. The quantitative estimate of drug-likeness (QED) is 0.568. The summed E-state index contributed by atoms with van der Waals surface area (Å²) in [4.78, 5) is 22.9. The number of fused-ring (bicyclic) bond motifs is 1. The zero-order valence-corrected chi connectivity index (χ0v) is 11.4. The molecule has 1 aromatic rings. The number of aryl methyl sites for hydroxylation is 1. The molecule has 108 valence electrons. The number of nitrogens with one attached hydrogen (secondary N) is 2. The summed E-state index contributed by atoms with van der Waals surface area (Å²) in [6.07, 6.45) is 1.73. The Kier molecular flexibility index (Phi) is 4.45. The molecule has 0 saturated carbocycles. The van der Waals surface area contributed by atoms with Gasteiger partial charge in [-0.1, -0.05) is 6.07 Å². The zero-order chi connectivity index (χ0) is 14.5. The van der Waals surface area contributed by atoms with E-state index in [0.717, 1.165) is 24.1 Å². The molecule has 1 aliphatic rings. The number of carbonyl (C=O) groups is 2. The summed E-state index contributed by atoms with van der Waals surface area (Å²) in [7, 11) is 0. The van der Waals surface area contributed by atoms with E-state index in [9.17, 15) is 9.59 Å². The molecule has 20 heavy (non-hydrogen) atoms. The number of hydrogen-bond acceptors (Lipinski definition) is 4. The van der Waals surface area contributed by atoms with Gasteiger partial charge in [-0.3, -0.25) is 4.79 Å². The molecule has 0 heterocycles. The molecule has 0 bridgehead atoms. The van der Waals surface area contributed by atoms with Gasteiger partial charge in [0.15, 0.2) is 0 Å². The van der Waals surface area contributed by atoms with Crippen LogP contribution in [-0.2, 0) is 16.0 Å². The summed E-state index contributed by atoms with van der Waals surface area (Å²) in [5.41, 5.74) is 8.72. The summed E-state index contributed by atoms with van der Waals surface area (Å²) in [5.74, 6) is -0.442. The fraction of sp³-hybridized carbons (Fsp3) is 0.429. The van der Waals surface area contributed by atoms with Crippen LogP contribution >= 0.6 is 0 Å². The Morgan fingerprint density at radius 1 is 1.45 bits per heavy atom. The van der Waals surface area contributed by atoms with Crippen molar-refractivity contribution >= 4 is 17.7 Å². The van der Waals surface area contributed by atoms with Crippen molar-refractivity contribution in [2.24, 2.45) is 0 Å². The molecule has 0 aliphatic heterocycles. The van der Waals surface area contributed by atoms with Gasteiger partial charge in [0, 0.05) is 5.69 Å². The maximum Gasteiger partial charge on any atom is 0.325 e. The Balaban J connectivity index is 1.86. The molecule has 4 N–H and O–H groups in total. The number of nitrogen functional groups attached to an aromatic ring is 1. The summed E-state index contributed by atoms with van der Waals surface area (Å²) >= 11 is 0. The van der Waals surface area contributed by atoms with Crippen molar-refractivity contribution < 1.29 is 14.3 Å². The first-order chi connectivity index (χ1) is 9.60. The number of amides is 2. The first kappa shape index (κ1) is 14.2. The maximum atomic E-state index is 11.7. The minimum atomic E-state index is -0.442. The number of ether oxygens (including phenoxy) is 1. The van der Waals surface area contributed by atoms with Gasteiger partial charge in [0.2, 0.25) is 0 Å². The minimum Gasteiger partial charge on any atom is -0.465 e. The lowest BCUT2D eigenvalue weighted by molar-refractivity contribution is -0.141. The van der Waals surface area contributed by atoms with Crippen LogP contribution in [-0.4, -0.2) is 25.2 Å². The van der Waals surface area contributed by atoms with E-state index in [1.165, 1.54) is 5.56 Å². The Hall–Kier alpha value is -2.24. The lowest BCUT2D eigenvalue weighted by atomic mass is 10.1. The summed E-state index contributed by atoms with van der Waals surface area (Å²) in [6, 6.07) is 5.30. The number of rotatable bonds is 4.